The van der Waals surface area contributed by atoms with Crippen molar-refractivity contribution in [2.75, 3.05) is 7.05 Å². The highest BCUT2D eigenvalue weighted by atomic mass is 32.1. The largest absolute Gasteiger partial charge is 0.314 e. The zero-order valence-corrected chi connectivity index (χ0v) is 9.24. The fraction of sp³-hybridized carbons (Fsp3) is 1.00. The lowest BCUT2D eigenvalue weighted by Gasteiger charge is -2.60. The Labute approximate surface area is 86.1 Å². The van der Waals surface area contributed by atoms with Gasteiger partial charge in [-0.05, 0) is 57.4 Å². The van der Waals surface area contributed by atoms with Gasteiger partial charge in [-0.25, -0.2) is 0 Å². The van der Waals surface area contributed by atoms with E-state index in [4.69, 9.17) is 12.6 Å². The lowest BCUT2D eigenvalue weighted by atomic mass is 9.52. The zero-order chi connectivity index (χ0) is 9.10. The van der Waals surface area contributed by atoms with Crippen molar-refractivity contribution in [3.8, 4) is 0 Å². The molecule has 4 aliphatic rings. The molecule has 2 heteroatoms. The summed E-state index contributed by atoms with van der Waals surface area (Å²) in [5.41, 5.74) is 0.478. The molecule has 0 radical (unpaired) electrons. The van der Waals surface area contributed by atoms with Gasteiger partial charge in [-0.2, -0.15) is 12.6 Å². The van der Waals surface area contributed by atoms with Gasteiger partial charge in [-0.1, -0.05) is 0 Å². The second-order valence-corrected chi connectivity index (χ2v) is 6.66. The Morgan fingerprint density at radius 1 is 1.15 bits per heavy atom. The topological polar surface area (TPSA) is 12.0 Å². The maximum atomic E-state index is 4.92. The molecule has 0 aliphatic heterocycles. The van der Waals surface area contributed by atoms with Crippen LogP contribution < -0.4 is 5.32 Å². The quantitative estimate of drug-likeness (QED) is 0.614. The van der Waals surface area contributed by atoms with E-state index in [1.807, 2.05) is 0 Å². The first kappa shape index (κ1) is 8.60. The van der Waals surface area contributed by atoms with E-state index in [1.165, 1.54) is 38.5 Å². The summed E-state index contributed by atoms with van der Waals surface area (Å²) in [6.07, 6.45) is 8.41. The first-order valence-electron chi connectivity index (χ1n) is 5.54. The van der Waals surface area contributed by atoms with Gasteiger partial charge in [0, 0.05) is 10.3 Å². The summed E-state index contributed by atoms with van der Waals surface area (Å²) < 4.78 is 0.396. The van der Waals surface area contributed by atoms with Crippen LogP contribution in [0.15, 0.2) is 0 Å². The lowest BCUT2D eigenvalue weighted by Crippen LogP contribution is -2.62. The van der Waals surface area contributed by atoms with Crippen molar-refractivity contribution in [1.29, 1.82) is 0 Å². The summed E-state index contributed by atoms with van der Waals surface area (Å²) in [5, 5.41) is 3.59. The average Bonchev–Trinajstić information content (AvgIpc) is 1.99. The van der Waals surface area contributed by atoms with Crippen LogP contribution in [0.4, 0.5) is 0 Å². The van der Waals surface area contributed by atoms with Gasteiger partial charge in [0.2, 0.25) is 0 Å². The lowest BCUT2D eigenvalue weighted by molar-refractivity contribution is 0.00130. The van der Waals surface area contributed by atoms with Gasteiger partial charge >= 0.3 is 0 Å². The predicted octanol–water partition coefficient (Wildman–Crippen LogP) is 2.23. The molecule has 2 atom stereocenters. The summed E-state index contributed by atoms with van der Waals surface area (Å²) in [4.78, 5) is 0. The summed E-state index contributed by atoms with van der Waals surface area (Å²) in [5.74, 6) is 1.96. The number of rotatable bonds is 1. The van der Waals surface area contributed by atoms with Crippen molar-refractivity contribution in [3.63, 3.8) is 0 Å². The van der Waals surface area contributed by atoms with E-state index in [9.17, 15) is 0 Å². The van der Waals surface area contributed by atoms with Crippen molar-refractivity contribution in [2.24, 2.45) is 11.8 Å². The van der Waals surface area contributed by atoms with Gasteiger partial charge in [0.15, 0.2) is 0 Å². The van der Waals surface area contributed by atoms with Gasteiger partial charge in [0.25, 0.3) is 0 Å². The van der Waals surface area contributed by atoms with E-state index in [0.29, 0.717) is 10.3 Å². The van der Waals surface area contributed by atoms with Crippen molar-refractivity contribution in [3.05, 3.63) is 0 Å². The summed E-state index contributed by atoms with van der Waals surface area (Å²) in [7, 11) is 2.14. The first-order chi connectivity index (χ1) is 6.13. The predicted molar refractivity (Wildman–Crippen MR) is 58.2 cm³/mol. The molecule has 0 unspecified atom stereocenters. The van der Waals surface area contributed by atoms with Crippen LogP contribution in [-0.4, -0.2) is 17.3 Å². The minimum Gasteiger partial charge on any atom is -0.314 e. The molecule has 0 aromatic carbocycles. The van der Waals surface area contributed by atoms with Crippen LogP contribution in [0.1, 0.15) is 38.5 Å². The Morgan fingerprint density at radius 2 is 1.77 bits per heavy atom. The van der Waals surface area contributed by atoms with Crippen LogP contribution in [0.25, 0.3) is 0 Å². The summed E-state index contributed by atoms with van der Waals surface area (Å²) >= 11 is 4.92. The Morgan fingerprint density at radius 3 is 2.23 bits per heavy atom. The Hall–Kier alpha value is 0.310. The Bertz CT molecular complexity index is 224. The molecule has 0 amide bonds. The molecule has 0 saturated heterocycles. The fourth-order valence-corrected chi connectivity index (χ4v) is 5.33. The van der Waals surface area contributed by atoms with E-state index in [2.05, 4.69) is 12.4 Å². The molecule has 4 rings (SSSR count). The maximum Gasteiger partial charge on any atom is 0.0197 e. The molecule has 0 aromatic rings. The third-order valence-electron chi connectivity index (χ3n) is 4.56. The summed E-state index contributed by atoms with van der Waals surface area (Å²) in [6, 6.07) is 0. The van der Waals surface area contributed by atoms with E-state index < -0.39 is 0 Å². The molecule has 13 heavy (non-hydrogen) atoms. The molecular weight excluding hydrogens is 178 g/mol. The molecule has 1 N–H and O–H groups in total. The second kappa shape index (κ2) is 2.46. The third-order valence-corrected chi connectivity index (χ3v) is 5.08. The molecule has 0 spiro atoms. The SMILES string of the molecule is CNC12C[C@H]3C[C@@H](CC(S)(C3)C1)C2. The zero-order valence-electron chi connectivity index (χ0n) is 8.34. The molecule has 4 fully saturated rings. The normalized spacial score (nSPS) is 58.6. The minimum atomic E-state index is 0.396. The fourth-order valence-electron chi connectivity index (χ4n) is 4.51. The first-order valence-corrected chi connectivity index (χ1v) is 5.99. The van der Waals surface area contributed by atoms with Crippen LogP contribution in [0.5, 0.6) is 0 Å². The van der Waals surface area contributed by atoms with E-state index in [1.54, 1.807) is 0 Å². The molecule has 0 heterocycles. The number of nitrogens with one attached hydrogen (secondary N) is 1. The van der Waals surface area contributed by atoms with Crippen molar-refractivity contribution in [1.82, 2.24) is 5.32 Å². The Kier molecular flexibility index (Phi) is 1.63. The third kappa shape index (κ3) is 1.18. The van der Waals surface area contributed by atoms with Crippen LogP contribution in [-0.2, 0) is 0 Å². The molecule has 74 valence electrons. The molecule has 4 aliphatic carbocycles. The minimum absolute atomic E-state index is 0.396. The van der Waals surface area contributed by atoms with Crippen molar-refractivity contribution >= 4 is 12.6 Å². The van der Waals surface area contributed by atoms with E-state index in [0.717, 1.165) is 11.8 Å². The average molecular weight is 197 g/mol. The highest BCUT2D eigenvalue weighted by Crippen LogP contribution is 2.59. The molecule has 1 nitrogen and oxygen atoms in total. The highest BCUT2D eigenvalue weighted by Gasteiger charge is 2.55. The van der Waals surface area contributed by atoms with E-state index in [-0.39, 0.29) is 0 Å². The number of hydrogen-bond donors (Lipinski definition) is 2. The number of hydrogen-bond acceptors (Lipinski definition) is 2. The van der Waals surface area contributed by atoms with Gasteiger partial charge in [0.05, 0.1) is 0 Å². The number of thiol groups is 1. The van der Waals surface area contributed by atoms with Crippen LogP contribution in [0.2, 0.25) is 0 Å². The standard InChI is InChI=1S/C11H19NS/c1-12-10-3-8-2-9(4-10)6-11(13,5-8)7-10/h8-9,12-13H,2-7H2,1H3/t8-,9-,10?,11?/m1/s1. The molecule has 0 aromatic heterocycles. The molecular formula is C11H19NS. The van der Waals surface area contributed by atoms with Gasteiger partial charge in [0.1, 0.15) is 0 Å². The van der Waals surface area contributed by atoms with E-state index >= 15 is 0 Å². The molecule has 4 bridgehead atoms. The highest BCUT2D eigenvalue weighted by molar-refractivity contribution is 7.81. The molecule has 4 saturated carbocycles. The van der Waals surface area contributed by atoms with Crippen LogP contribution in [0, 0.1) is 11.8 Å². The summed E-state index contributed by atoms with van der Waals surface area (Å²) in [6.45, 7) is 0. The smallest absolute Gasteiger partial charge is 0.0197 e. The van der Waals surface area contributed by atoms with Crippen LogP contribution >= 0.6 is 12.6 Å². The maximum absolute atomic E-state index is 4.92. The van der Waals surface area contributed by atoms with Crippen LogP contribution in [0.3, 0.4) is 0 Å². The second-order valence-electron chi connectivity index (χ2n) is 5.72. The van der Waals surface area contributed by atoms with Gasteiger partial charge in [-0.3, -0.25) is 0 Å². The monoisotopic (exact) mass is 197 g/mol. The van der Waals surface area contributed by atoms with Gasteiger partial charge in [-0.15, -0.1) is 0 Å². The van der Waals surface area contributed by atoms with Gasteiger partial charge < -0.3 is 5.32 Å². The van der Waals surface area contributed by atoms with Crippen molar-refractivity contribution in [2.45, 2.75) is 48.8 Å². The Balaban J connectivity index is 1.95. The van der Waals surface area contributed by atoms with Crippen molar-refractivity contribution < 1.29 is 0 Å².